The molecule has 0 radical (unpaired) electrons. The van der Waals surface area contributed by atoms with Crippen LogP contribution in [-0.2, 0) is 27.1 Å². The molecule has 0 atom stereocenters. The van der Waals surface area contributed by atoms with Gasteiger partial charge >= 0.3 is 13.1 Å². The fourth-order valence-electron chi connectivity index (χ4n) is 4.21. The summed E-state index contributed by atoms with van der Waals surface area (Å²) in [6.45, 7) is 6.12. The summed E-state index contributed by atoms with van der Waals surface area (Å²) in [7, 11) is -0.417. The van der Waals surface area contributed by atoms with Crippen molar-refractivity contribution >= 4 is 62.5 Å². The summed E-state index contributed by atoms with van der Waals surface area (Å²) in [5, 5.41) is 14.3. The van der Waals surface area contributed by atoms with Gasteiger partial charge in [-0.25, -0.2) is 0 Å². The molecule has 32 heavy (non-hydrogen) atoms. The van der Waals surface area contributed by atoms with Gasteiger partial charge in [0.25, 0.3) is 0 Å². The minimum atomic E-state index is -0.845. The average Bonchev–Trinajstić information content (AvgIpc) is 3.29. The summed E-state index contributed by atoms with van der Waals surface area (Å²) >= 11 is 7.92. The number of fused-ring (bicyclic) bond motifs is 2. The van der Waals surface area contributed by atoms with Gasteiger partial charge in [-0.2, -0.15) is 0 Å². The minimum absolute atomic E-state index is 0.00322. The van der Waals surface area contributed by atoms with E-state index in [9.17, 15) is 9.90 Å². The van der Waals surface area contributed by atoms with Gasteiger partial charge in [0, 0.05) is 52.0 Å². The van der Waals surface area contributed by atoms with Crippen molar-refractivity contribution in [3.63, 3.8) is 0 Å². The van der Waals surface area contributed by atoms with E-state index < -0.39 is 13.1 Å². The fraction of sp³-hybridized carbons (Fsp3) is 0.292. The summed E-state index contributed by atoms with van der Waals surface area (Å²) in [6.07, 6.45) is 1.92. The highest BCUT2D eigenvalue weighted by molar-refractivity contribution is 7.17. The molecule has 0 bridgehead atoms. The minimum Gasteiger partial charge on any atom is -0.481 e. The summed E-state index contributed by atoms with van der Waals surface area (Å²) in [4.78, 5) is 11.5. The first kappa shape index (κ1) is 21.5. The van der Waals surface area contributed by atoms with Crippen molar-refractivity contribution in [2.24, 2.45) is 5.41 Å². The highest BCUT2D eigenvalue weighted by Crippen LogP contribution is 2.31. The van der Waals surface area contributed by atoms with Crippen LogP contribution in [0.2, 0.25) is 5.02 Å². The number of nitrogens with zero attached hydrogens (tertiary/aromatic N) is 1. The highest BCUT2D eigenvalue weighted by atomic mass is 35.5. The van der Waals surface area contributed by atoms with Crippen LogP contribution in [0.3, 0.4) is 0 Å². The van der Waals surface area contributed by atoms with Crippen LogP contribution in [0, 0.1) is 5.41 Å². The van der Waals surface area contributed by atoms with E-state index in [-0.39, 0.29) is 11.8 Å². The molecule has 1 N–H and O–H groups in total. The lowest BCUT2D eigenvalue weighted by atomic mass is 9.75. The molecule has 1 aliphatic heterocycles. The Hall–Kier alpha value is -2.32. The third-order valence-electron chi connectivity index (χ3n) is 5.81. The molecule has 0 amide bonds. The fourth-order valence-corrected chi connectivity index (χ4v) is 5.32. The van der Waals surface area contributed by atoms with Gasteiger partial charge in [0.05, 0.1) is 6.42 Å². The van der Waals surface area contributed by atoms with Gasteiger partial charge < -0.3 is 19.0 Å². The topological polar surface area (TPSA) is 60.7 Å². The molecule has 5 rings (SSSR count). The molecule has 0 aliphatic carbocycles. The Labute approximate surface area is 195 Å². The molecular weight excluding hydrogens is 445 g/mol. The van der Waals surface area contributed by atoms with Gasteiger partial charge in [-0.05, 0) is 51.6 Å². The number of carboxylic acids is 1. The Kier molecular flexibility index (Phi) is 5.54. The zero-order valence-electron chi connectivity index (χ0n) is 17.9. The number of rotatable bonds is 5. The molecular formula is C24H23BClNO4S. The van der Waals surface area contributed by atoms with Crippen molar-refractivity contribution in [3.8, 4) is 0 Å². The van der Waals surface area contributed by atoms with Crippen LogP contribution in [-0.4, -0.2) is 36.0 Å². The number of hydrogen-bond acceptors (Lipinski definition) is 4. The van der Waals surface area contributed by atoms with E-state index in [2.05, 4.69) is 29.9 Å². The highest BCUT2D eigenvalue weighted by Gasteiger charge is 2.33. The number of halogens is 1. The van der Waals surface area contributed by atoms with Crippen LogP contribution in [0.15, 0.2) is 48.0 Å². The van der Waals surface area contributed by atoms with Crippen molar-refractivity contribution in [1.82, 2.24) is 4.57 Å². The smallest absolute Gasteiger partial charge is 0.481 e. The zero-order chi connectivity index (χ0) is 22.5. The van der Waals surface area contributed by atoms with Gasteiger partial charge in [-0.15, -0.1) is 11.3 Å². The van der Waals surface area contributed by atoms with E-state index in [1.165, 1.54) is 4.70 Å². The first-order chi connectivity index (χ1) is 15.3. The van der Waals surface area contributed by atoms with E-state index >= 15 is 0 Å². The Bertz CT molecular complexity index is 1320. The van der Waals surface area contributed by atoms with Gasteiger partial charge in [-0.1, -0.05) is 37.6 Å². The van der Waals surface area contributed by atoms with Crippen LogP contribution in [0.4, 0.5) is 0 Å². The average molecular weight is 468 g/mol. The summed E-state index contributed by atoms with van der Waals surface area (Å²) in [6, 6.07) is 11.9. The van der Waals surface area contributed by atoms with E-state index in [0.29, 0.717) is 24.8 Å². The Morgan fingerprint density at radius 2 is 1.94 bits per heavy atom. The van der Waals surface area contributed by atoms with Crippen molar-refractivity contribution in [1.29, 1.82) is 0 Å². The maximum absolute atomic E-state index is 11.5. The standard InChI is InChI=1S/C24H23BClNO4S/c1-24(2)13-30-25(31-14-24)17-3-5-19-15(7-23(28)29)10-27(21(19)8-17)11-16-12-32-22-6-4-18(26)9-20(16)22/h3-6,8-10,12H,7,11,13-14H2,1-2H3,(H,28,29). The largest absolute Gasteiger partial charge is 0.493 e. The van der Waals surface area contributed by atoms with E-state index in [1.54, 1.807) is 11.3 Å². The number of carboxylic acid groups (broad SMARTS) is 1. The van der Waals surface area contributed by atoms with Crippen LogP contribution >= 0.6 is 22.9 Å². The third-order valence-corrected chi connectivity index (χ3v) is 7.06. The predicted molar refractivity (Wildman–Crippen MR) is 130 cm³/mol. The van der Waals surface area contributed by atoms with E-state index in [1.807, 2.05) is 36.5 Å². The Morgan fingerprint density at radius 1 is 1.16 bits per heavy atom. The maximum Gasteiger partial charge on any atom is 0.493 e. The third kappa shape index (κ3) is 4.18. The lowest BCUT2D eigenvalue weighted by molar-refractivity contribution is -0.136. The first-order valence-electron chi connectivity index (χ1n) is 10.5. The summed E-state index contributed by atoms with van der Waals surface area (Å²) < 4.78 is 15.3. The zero-order valence-corrected chi connectivity index (χ0v) is 19.5. The molecule has 0 unspecified atom stereocenters. The molecule has 4 aromatic rings. The van der Waals surface area contributed by atoms with Gasteiger partial charge in [0.1, 0.15) is 0 Å². The van der Waals surface area contributed by atoms with Crippen LogP contribution < -0.4 is 5.46 Å². The van der Waals surface area contributed by atoms with Crippen LogP contribution in [0.5, 0.6) is 0 Å². The molecule has 8 heteroatoms. The van der Waals surface area contributed by atoms with Gasteiger partial charge in [0.15, 0.2) is 0 Å². The van der Waals surface area contributed by atoms with Gasteiger partial charge in [0.2, 0.25) is 0 Å². The molecule has 0 saturated carbocycles. The molecule has 1 saturated heterocycles. The van der Waals surface area contributed by atoms with Crippen molar-refractivity contribution in [3.05, 3.63) is 64.1 Å². The lowest BCUT2D eigenvalue weighted by Gasteiger charge is -2.33. The number of aromatic nitrogens is 1. The number of hydrogen-bond donors (Lipinski definition) is 1. The van der Waals surface area contributed by atoms with Gasteiger partial charge in [-0.3, -0.25) is 4.79 Å². The molecule has 5 nitrogen and oxygen atoms in total. The number of benzene rings is 2. The molecule has 3 heterocycles. The maximum atomic E-state index is 11.5. The van der Waals surface area contributed by atoms with E-state index in [0.717, 1.165) is 32.9 Å². The quantitative estimate of drug-likeness (QED) is 0.422. The second-order valence-electron chi connectivity index (χ2n) is 9.15. The lowest BCUT2D eigenvalue weighted by Crippen LogP contribution is -2.47. The number of aliphatic carboxylic acids is 1. The van der Waals surface area contributed by atoms with Crippen molar-refractivity contribution in [2.75, 3.05) is 13.2 Å². The molecule has 1 fully saturated rings. The Balaban J connectivity index is 1.55. The number of carbonyl (C=O) groups is 1. The SMILES string of the molecule is CC1(C)COB(c2ccc3c(CC(=O)O)cn(Cc4csc5ccc(Cl)cc45)c3c2)OC1. The molecule has 2 aromatic heterocycles. The van der Waals surface area contributed by atoms with Crippen LogP contribution in [0.1, 0.15) is 25.0 Å². The predicted octanol–water partition coefficient (Wildman–Crippen LogP) is 4.95. The monoisotopic (exact) mass is 467 g/mol. The second-order valence-corrected chi connectivity index (χ2v) is 10.5. The second kappa shape index (κ2) is 8.23. The first-order valence-corrected chi connectivity index (χ1v) is 11.8. The van der Waals surface area contributed by atoms with Crippen molar-refractivity contribution in [2.45, 2.75) is 26.8 Å². The van der Waals surface area contributed by atoms with Crippen molar-refractivity contribution < 1.29 is 19.2 Å². The summed E-state index contributed by atoms with van der Waals surface area (Å²) in [5.74, 6) is -0.845. The summed E-state index contributed by atoms with van der Waals surface area (Å²) in [5.41, 5.74) is 3.85. The Morgan fingerprint density at radius 3 is 2.69 bits per heavy atom. The molecule has 2 aromatic carbocycles. The van der Waals surface area contributed by atoms with E-state index in [4.69, 9.17) is 20.9 Å². The molecule has 1 aliphatic rings. The molecule has 164 valence electrons. The number of thiophene rings is 1. The normalized spacial score (nSPS) is 16.2. The van der Waals surface area contributed by atoms with Crippen LogP contribution in [0.25, 0.3) is 21.0 Å². The molecule has 0 spiro atoms.